The first-order chi connectivity index (χ1) is 12.4. The number of carboxylic acids is 1. The van der Waals surface area contributed by atoms with Gasteiger partial charge in [-0.25, -0.2) is 4.79 Å². The minimum atomic E-state index is -1.04. The topological polar surface area (TPSA) is 98.9 Å². The monoisotopic (exact) mass is 391 g/mol. The van der Waals surface area contributed by atoms with Crippen LogP contribution in [0.5, 0.6) is 11.5 Å². The predicted octanol–water partition coefficient (Wildman–Crippen LogP) is 3.94. The number of hydrogen-bond acceptors (Lipinski definition) is 5. The number of rotatable bonds is 6. The van der Waals surface area contributed by atoms with Crippen LogP contribution in [0.25, 0.3) is 10.1 Å². The van der Waals surface area contributed by atoms with E-state index in [4.69, 9.17) is 26.8 Å². The summed E-state index contributed by atoms with van der Waals surface area (Å²) in [6, 6.07) is 9.81. The lowest BCUT2D eigenvalue weighted by atomic mass is 10.1. The number of fused-ring (bicyclic) bond motifs is 1. The van der Waals surface area contributed by atoms with Crippen LogP contribution >= 0.6 is 22.9 Å². The zero-order valence-electron chi connectivity index (χ0n) is 13.6. The van der Waals surface area contributed by atoms with Crippen molar-refractivity contribution in [2.75, 3.05) is 7.11 Å². The second-order valence-electron chi connectivity index (χ2n) is 5.35. The zero-order valence-corrected chi connectivity index (χ0v) is 15.2. The largest absolute Gasteiger partial charge is 0.493 e. The molecule has 0 saturated carbocycles. The van der Waals surface area contributed by atoms with E-state index >= 15 is 0 Å². The Morgan fingerprint density at radius 3 is 2.65 bits per heavy atom. The number of nitrogens with two attached hydrogens (primary N) is 1. The predicted molar refractivity (Wildman–Crippen MR) is 99.6 cm³/mol. The molecule has 1 amide bonds. The van der Waals surface area contributed by atoms with Gasteiger partial charge < -0.3 is 20.3 Å². The summed E-state index contributed by atoms with van der Waals surface area (Å²) in [5.74, 6) is -0.945. The second kappa shape index (κ2) is 7.23. The van der Waals surface area contributed by atoms with Gasteiger partial charge in [-0.3, -0.25) is 4.79 Å². The number of hydrogen-bond donors (Lipinski definition) is 2. The molecule has 0 saturated heterocycles. The highest BCUT2D eigenvalue weighted by Crippen LogP contribution is 2.37. The Morgan fingerprint density at radius 2 is 2.00 bits per heavy atom. The van der Waals surface area contributed by atoms with Gasteiger partial charge in [0.25, 0.3) is 0 Å². The fourth-order valence-corrected chi connectivity index (χ4v) is 3.99. The van der Waals surface area contributed by atoms with Crippen molar-refractivity contribution < 1.29 is 24.2 Å². The number of amides is 1. The van der Waals surface area contributed by atoms with Gasteiger partial charge in [-0.2, -0.15) is 0 Å². The number of thiophene rings is 1. The highest BCUT2D eigenvalue weighted by atomic mass is 35.5. The molecule has 134 valence electrons. The van der Waals surface area contributed by atoms with E-state index in [1.54, 1.807) is 18.2 Å². The Morgan fingerprint density at radius 1 is 1.23 bits per heavy atom. The number of halogens is 1. The van der Waals surface area contributed by atoms with Crippen LogP contribution in [0.4, 0.5) is 0 Å². The van der Waals surface area contributed by atoms with Crippen molar-refractivity contribution in [1.82, 2.24) is 0 Å². The minimum Gasteiger partial charge on any atom is -0.493 e. The lowest BCUT2D eigenvalue weighted by Crippen LogP contribution is -2.11. The molecular weight excluding hydrogens is 378 g/mol. The molecular formula is C18H14ClNO5S. The van der Waals surface area contributed by atoms with Crippen LogP contribution in [-0.2, 0) is 6.61 Å². The van der Waals surface area contributed by atoms with Gasteiger partial charge in [-0.15, -0.1) is 11.3 Å². The molecule has 1 aromatic heterocycles. The molecule has 3 rings (SSSR count). The van der Waals surface area contributed by atoms with Crippen LogP contribution in [0, 0.1) is 0 Å². The Balaban J connectivity index is 1.99. The molecule has 0 spiro atoms. The lowest BCUT2D eigenvalue weighted by Gasteiger charge is -2.12. The molecule has 8 heteroatoms. The van der Waals surface area contributed by atoms with Crippen molar-refractivity contribution in [3.8, 4) is 11.5 Å². The fraction of sp³-hybridized carbons (Fsp3) is 0.111. The van der Waals surface area contributed by atoms with E-state index in [-0.39, 0.29) is 17.0 Å². The maximum atomic E-state index is 11.6. The van der Waals surface area contributed by atoms with Gasteiger partial charge in [0.1, 0.15) is 11.5 Å². The summed E-state index contributed by atoms with van der Waals surface area (Å²) in [4.78, 5) is 23.0. The summed E-state index contributed by atoms with van der Waals surface area (Å²) in [5.41, 5.74) is 6.03. The molecule has 26 heavy (non-hydrogen) atoms. The Bertz CT molecular complexity index is 1010. The first kappa shape index (κ1) is 18.0. The Kier molecular flexibility index (Phi) is 5.01. The van der Waals surface area contributed by atoms with E-state index in [9.17, 15) is 14.7 Å². The third-order valence-corrected chi connectivity index (χ3v) is 5.28. The number of carbonyl (C=O) groups is 2. The highest BCUT2D eigenvalue weighted by molar-refractivity contribution is 7.21. The number of benzene rings is 2. The summed E-state index contributed by atoms with van der Waals surface area (Å²) in [7, 11) is 1.44. The zero-order chi connectivity index (χ0) is 18.8. The number of methoxy groups -OCH3 is 1. The summed E-state index contributed by atoms with van der Waals surface area (Å²) >= 11 is 7.40. The Hall–Kier alpha value is -2.77. The molecule has 3 aromatic rings. The number of primary amides is 1. The van der Waals surface area contributed by atoms with Gasteiger partial charge in [0.2, 0.25) is 5.91 Å². The number of carbonyl (C=O) groups excluding carboxylic acids is 1. The van der Waals surface area contributed by atoms with Crippen LogP contribution in [0.15, 0.2) is 36.4 Å². The molecule has 0 atom stereocenters. The molecule has 3 N–H and O–H groups in total. The SMILES string of the molecule is COc1cc(C(N)=O)ccc1OCc1c(C(=O)O)sc2cccc(Cl)c12. The van der Waals surface area contributed by atoms with Crippen molar-refractivity contribution in [3.63, 3.8) is 0 Å². The van der Waals surface area contributed by atoms with E-state index in [1.807, 2.05) is 6.07 Å². The summed E-state index contributed by atoms with van der Waals surface area (Å²) in [6.45, 7) is -0.0162. The van der Waals surface area contributed by atoms with Crippen molar-refractivity contribution in [2.24, 2.45) is 5.73 Å². The van der Waals surface area contributed by atoms with Gasteiger partial charge in [-0.1, -0.05) is 17.7 Å². The summed E-state index contributed by atoms with van der Waals surface area (Å²) < 4.78 is 11.8. The van der Waals surface area contributed by atoms with Gasteiger partial charge in [-0.05, 0) is 30.3 Å². The van der Waals surface area contributed by atoms with Gasteiger partial charge in [0, 0.05) is 26.2 Å². The molecule has 6 nitrogen and oxygen atoms in total. The van der Waals surface area contributed by atoms with Crippen LogP contribution in [0.3, 0.4) is 0 Å². The number of aromatic carboxylic acids is 1. The molecule has 0 radical (unpaired) electrons. The molecule has 0 aliphatic heterocycles. The van der Waals surface area contributed by atoms with Crippen molar-refractivity contribution in [2.45, 2.75) is 6.61 Å². The summed E-state index contributed by atoms with van der Waals surface area (Å²) in [6.07, 6.45) is 0. The maximum Gasteiger partial charge on any atom is 0.346 e. The maximum absolute atomic E-state index is 11.6. The third kappa shape index (κ3) is 3.31. The van der Waals surface area contributed by atoms with E-state index in [0.717, 1.165) is 16.0 Å². The van der Waals surface area contributed by atoms with Crippen molar-refractivity contribution in [3.05, 3.63) is 57.4 Å². The van der Waals surface area contributed by atoms with E-state index in [1.165, 1.54) is 19.2 Å². The van der Waals surface area contributed by atoms with Crippen LogP contribution < -0.4 is 15.2 Å². The van der Waals surface area contributed by atoms with Gasteiger partial charge in [0.15, 0.2) is 11.5 Å². The molecule has 0 aliphatic carbocycles. The second-order valence-corrected chi connectivity index (χ2v) is 6.81. The standard InChI is InChI=1S/C18H14ClNO5S/c1-24-13-7-9(17(20)21)5-6-12(13)25-8-10-15-11(19)3-2-4-14(15)26-16(10)18(22)23/h2-7H,8H2,1H3,(H2,20,21)(H,22,23). The van der Waals surface area contributed by atoms with Crippen molar-refractivity contribution >= 4 is 44.9 Å². The van der Waals surface area contributed by atoms with Crippen LogP contribution in [0.1, 0.15) is 25.6 Å². The molecule has 2 aromatic carbocycles. The third-order valence-electron chi connectivity index (χ3n) is 3.78. The average Bonchev–Trinajstić information content (AvgIpc) is 3.00. The molecule has 0 bridgehead atoms. The smallest absolute Gasteiger partial charge is 0.346 e. The normalized spacial score (nSPS) is 10.7. The van der Waals surface area contributed by atoms with Crippen LogP contribution in [0.2, 0.25) is 5.02 Å². The highest BCUT2D eigenvalue weighted by Gasteiger charge is 2.20. The quantitative estimate of drug-likeness (QED) is 0.663. The van der Waals surface area contributed by atoms with E-state index in [2.05, 4.69) is 0 Å². The van der Waals surface area contributed by atoms with E-state index < -0.39 is 11.9 Å². The Labute approximate surface area is 157 Å². The number of carboxylic acid groups (broad SMARTS) is 1. The average molecular weight is 392 g/mol. The van der Waals surface area contributed by atoms with Gasteiger partial charge >= 0.3 is 5.97 Å². The molecule has 0 fully saturated rings. The molecule has 1 heterocycles. The first-order valence-corrected chi connectivity index (χ1v) is 8.65. The first-order valence-electron chi connectivity index (χ1n) is 7.46. The fourth-order valence-electron chi connectivity index (χ4n) is 2.57. The van der Waals surface area contributed by atoms with Crippen LogP contribution in [-0.4, -0.2) is 24.1 Å². The van der Waals surface area contributed by atoms with Crippen molar-refractivity contribution in [1.29, 1.82) is 0 Å². The lowest BCUT2D eigenvalue weighted by molar-refractivity contribution is 0.0699. The van der Waals surface area contributed by atoms with E-state index in [0.29, 0.717) is 27.5 Å². The molecule has 0 aliphatic rings. The summed E-state index contributed by atoms with van der Waals surface area (Å²) in [5, 5.41) is 10.6. The minimum absolute atomic E-state index is 0.0162. The van der Waals surface area contributed by atoms with Gasteiger partial charge in [0.05, 0.1) is 7.11 Å². The molecule has 0 unspecified atom stereocenters. The number of ether oxygens (including phenoxy) is 2.